The molecule has 3 unspecified atom stereocenters. The second-order valence-corrected chi connectivity index (χ2v) is 6.42. The predicted molar refractivity (Wildman–Crippen MR) is 71.1 cm³/mol. The van der Waals surface area contributed by atoms with Gasteiger partial charge in [-0.15, -0.1) is 0 Å². The smallest absolute Gasteiger partial charge is 0.0771 e. The molecule has 1 saturated heterocycles. The highest BCUT2D eigenvalue weighted by molar-refractivity contribution is 4.91. The van der Waals surface area contributed by atoms with Crippen LogP contribution in [0, 0.1) is 5.92 Å². The van der Waals surface area contributed by atoms with Crippen LogP contribution >= 0.6 is 0 Å². The van der Waals surface area contributed by atoms with Gasteiger partial charge in [-0.05, 0) is 39.2 Å². The lowest BCUT2D eigenvalue weighted by atomic mass is 9.89. The minimum Gasteiger partial charge on any atom is -0.389 e. The predicted octanol–water partition coefficient (Wildman–Crippen LogP) is 1.61. The van der Waals surface area contributed by atoms with Crippen molar-refractivity contribution in [3.8, 4) is 0 Å². The van der Waals surface area contributed by atoms with Crippen LogP contribution in [0.2, 0.25) is 0 Å². The molecule has 0 amide bonds. The molecule has 2 rings (SSSR count). The fourth-order valence-corrected chi connectivity index (χ4v) is 3.36. The van der Waals surface area contributed by atoms with E-state index in [0.29, 0.717) is 18.0 Å². The van der Waals surface area contributed by atoms with Crippen molar-refractivity contribution in [2.24, 2.45) is 5.92 Å². The van der Waals surface area contributed by atoms with E-state index < -0.39 is 5.60 Å². The van der Waals surface area contributed by atoms with Crippen LogP contribution in [0.5, 0.6) is 0 Å². The molecular weight excluding hydrogens is 212 g/mol. The molecule has 0 aromatic carbocycles. The number of rotatable bonds is 3. The summed E-state index contributed by atoms with van der Waals surface area (Å²) < 4.78 is 0. The second kappa shape index (κ2) is 5.25. The molecule has 0 aromatic heterocycles. The van der Waals surface area contributed by atoms with Crippen LogP contribution in [-0.2, 0) is 0 Å². The number of nitrogens with one attached hydrogen (secondary N) is 1. The Labute approximate surface area is 106 Å². The maximum absolute atomic E-state index is 10.4. The lowest BCUT2D eigenvalue weighted by Gasteiger charge is -2.41. The van der Waals surface area contributed by atoms with E-state index in [4.69, 9.17) is 0 Å². The van der Waals surface area contributed by atoms with Gasteiger partial charge in [-0.25, -0.2) is 0 Å². The third-order valence-electron chi connectivity index (χ3n) is 4.84. The summed E-state index contributed by atoms with van der Waals surface area (Å²) in [5.74, 6) is 0.682. The highest BCUT2D eigenvalue weighted by Gasteiger charge is 2.34. The van der Waals surface area contributed by atoms with E-state index in [-0.39, 0.29) is 0 Å². The summed E-state index contributed by atoms with van der Waals surface area (Å²) in [6.07, 6.45) is 5.55. The molecular formula is C14H28N2O. The maximum Gasteiger partial charge on any atom is 0.0771 e. The van der Waals surface area contributed by atoms with Crippen molar-refractivity contribution in [1.82, 2.24) is 10.2 Å². The zero-order valence-corrected chi connectivity index (χ0v) is 11.6. The minimum absolute atomic E-state index is 0.410. The first-order valence-corrected chi connectivity index (χ1v) is 7.16. The Hall–Kier alpha value is -0.120. The summed E-state index contributed by atoms with van der Waals surface area (Å²) in [5.41, 5.74) is -0.410. The molecule has 1 saturated carbocycles. The normalized spacial score (nSPS) is 38.5. The molecule has 0 aromatic rings. The average molecular weight is 240 g/mol. The Morgan fingerprint density at radius 3 is 2.59 bits per heavy atom. The first kappa shape index (κ1) is 13.3. The lowest BCUT2D eigenvalue weighted by molar-refractivity contribution is 0.0346. The van der Waals surface area contributed by atoms with Gasteiger partial charge in [-0.2, -0.15) is 0 Å². The van der Waals surface area contributed by atoms with E-state index >= 15 is 0 Å². The van der Waals surface area contributed by atoms with Gasteiger partial charge in [0, 0.05) is 25.2 Å². The van der Waals surface area contributed by atoms with Crippen LogP contribution in [0.1, 0.15) is 46.0 Å². The molecule has 1 aliphatic heterocycles. The lowest BCUT2D eigenvalue weighted by Crippen LogP contribution is -2.53. The summed E-state index contributed by atoms with van der Waals surface area (Å²) in [5, 5.41) is 14.0. The van der Waals surface area contributed by atoms with Gasteiger partial charge in [0.05, 0.1) is 5.60 Å². The maximum atomic E-state index is 10.4. The van der Waals surface area contributed by atoms with E-state index in [0.717, 1.165) is 25.9 Å². The van der Waals surface area contributed by atoms with Gasteiger partial charge >= 0.3 is 0 Å². The van der Waals surface area contributed by atoms with Gasteiger partial charge in [0.25, 0.3) is 0 Å². The SMILES string of the molecule is CC1CN(C)C(C)CC1NCC1(O)CCCC1. The molecule has 2 fully saturated rings. The third kappa shape index (κ3) is 3.21. The average Bonchev–Trinajstić information content (AvgIpc) is 2.69. The Morgan fingerprint density at radius 2 is 1.94 bits per heavy atom. The van der Waals surface area contributed by atoms with E-state index in [2.05, 4.69) is 31.1 Å². The van der Waals surface area contributed by atoms with Crippen LogP contribution in [0.4, 0.5) is 0 Å². The van der Waals surface area contributed by atoms with Crippen molar-refractivity contribution >= 4 is 0 Å². The third-order valence-corrected chi connectivity index (χ3v) is 4.84. The molecule has 17 heavy (non-hydrogen) atoms. The van der Waals surface area contributed by atoms with Gasteiger partial charge in [0.1, 0.15) is 0 Å². The van der Waals surface area contributed by atoms with E-state index in [9.17, 15) is 5.11 Å². The standard InChI is InChI=1S/C14H28N2O/c1-11-9-16(3)12(2)8-13(11)15-10-14(17)6-4-5-7-14/h11-13,15,17H,4-10H2,1-3H3. The highest BCUT2D eigenvalue weighted by Crippen LogP contribution is 2.29. The highest BCUT2D eigenvalue weighted by atomic mass is 16.3. The summed E-state index contributed by atoms with van der Waals surface area (Å²) in [6, 6.07) is 1.23. The van der Waals surface area contributed by atoms with Gasteiger partial charge in [-0.3, -0.25) is 0 Å². The minimum atomic E-state index is -0.410. The molecule has 3 heteroatoms. The van der Waals surface area contributed by atoms with Gasteiger partial charge < -0.3 is 15.3 Å². The Kier molecular flexibility index (Phi) is 4.11. The van der Waals surface area contributed by atoms with Crippen LogP contribution in [0.25, 0.3) is 0 Å². The number of hydrogen-bond donors (Lipinski definition) is 2. The van der Waals surface area contributed by atoms with Gasteiger partial charge in [-0.1, -0.05) is 19.8 Å². The van der Waals surface area contributed by atoms with Crippen LogP contribution in [0.3, 0.4) is 0 Å². The quantitative estimate of drug-likeness (QED) is 0.787. The van der Waals surface area contributed by atoms with E-state index in [1.807, 2.05) is 0 Å². The van der Waals surface area contributed by atoms with E-state index in [1.54, 1.807) is 0 Å². The van der Waals surface area contributed by atoms with Crippen molar-refractivity contribution in [2.75, 3.05) is 20.1 Å². The molecule has 1 aliphatic carbocycles. The van der Waals surface area contributed by atoms with Crippen molar-refractivity contribution in [2.45, 2.75) is 63.6 Å². The summed E-state index contributed by atoms with van der Waals surface area (Å²) in [6.45, 7) is 6.57. The fraction of sp³-hybridized carbons (Fsp3) is 1.00. The Balaban J connectivity index is 1.82. The Bertz CT molecular complexity index is 251. The molecule has 0 radical (unpaired) electrons. The molecule has 3 atom stereocenters. The number of likely N-dealkylation sites (tertiary alicyclic amines) is 1. The second-order valence-electron chi connectivity index (χ2n) is 6.42. The molecule has 2 aliphatic rings. The molecule has 1 heterocycles. The molecule has 3 nitrogen and oxygen atoms in total. The monoisotopic (exact) mass is 240 g/mol. The largest absolute Gasteiger partial charge is 0.389 e. The first-order valence-electron chi connectivity index (χ1n) is 7.16. The topological polar surface area (TPSA) is 35.5 Å². The molecule has 0 spiro atoms. The first-order chi connectivity index (χ1) is 8.00. The number of piperidine rings is 1. The van der Waals surface area contributed by atoms with E-state index in [1.165, 1.54) is 19.3 Å². The zero-order valence-electron chi connectivity index (χ0n) is 11.6. The zero-order chi connectivity index (χ0) is 12.5. The fourth-order valence-electron chi connectivity index (χ4n) is 3.36. The number of hydrogen-bond acceptors (Lipinski definition) is 3. The number of aliphatic hydroxyl groups is 1. The van der Waals surface area contributed by atoms with Gasteiger partial charge in [0.15, 0.2) is 0 Å². The van der Waals surface area contributed by atoms with Crippen molar-refractivity contribution in [1.29, 1.82) is 0 Å². The molecule has 2 N–H and O–H groups in total. The van der Waals surface area contributed by atoms with Gasteiger partial charge in [0.2, 0.25) is 0 Å². The summed E-state index contributed by atoms with van der Waals surface area (Å²) in [4.78, 5) is 2.44. The van der Waals surface area contributed by atoms with Crippen molar-refractivity contribution in [3.05, 3.63) is 0 Å². The van der Waals surface area contributed by atoms with Crippen LogP contribution in [-0.4, -0.2) is 47.8 Å². The number of nitrogens with zero attached hydrogens (tertiary/aromatic N) is 1. The van der Waals surface area contributed by atoms with Crippen molar-refractivity contribution < 1.29 is 5.11 Å². The van der Waals surface area contributed by atoms with Crippen LogP contribution < -0.4 is 5.32 Å². The molecule has 0 bridgehead atoms. The summed E-state index contributed by atoms with van der Waals surface area (Å²) in [7, 11) is 2.21. The summed E-state index contributed by atoms with van der Waals surface area (Å²) >= 11 is 0. The molecule has 100 valence electrons. The van der Waals surface area contributed by atoms with Crippen molar-refractivity contribution in [3.63, 3.8) is 0 Å². The van der Waals surface area contributed by atoms with Crippen LogP contribution in [0.15, 0.2) is 0 Å². The Morgan fingerprint density at radius 1 is 1.29 bits per heavy atom.